The van der Waals surface area contributed by atoms with E-state index in [9.17, 15) is 8.42 Å². The molecule has 6 heteroatoms. The van der Waals surface area contributed by atoms with Crippen molar-refractivity contribution in [2.45, 2.75) is 6.42 Å². The summed E-state index contributed by atoms with van der Waals surface area (Å²) in [6, 6.07) is 0. The number of nitrogens with two attached hydrogens (primary N) is 1. The highest BCUT2D eigenvalue weighted by Crippen LogP contribution is 2.07. The molecule has 0 bridgehead atoms. The third-order valence-corrected chi connectivity index (χ3v) is 2.27. The first-order chi connectivity index (χ1) is 5.58. The van der Waals surface area contributed by atoms with Crippen LogP contribution in [0, 0.1) is 12.3 Å². The third-order valence-electron chi connectivity index (χ3n) is 1.70. The maximum Gasteiger partial charge on any atom is 0.274 e. The molecule has 0 amide bonds. The van der Waals surface area contributed by atoms with Gasteiger partial charge in [-0.3, -0.25) is 0 Å². The predicted octanol–water partition coefficient (Wildman–Crippen LogP) is -1.39. The second-order valence-electron chi connectivity index (χ2n) is 2.81. The molecule has 3 N–H and O–H groups in total. The molecule has 1 aliphatic heterocycles. The molecule has 0 saturated carbocycles. The normalized spacial score (nSPS) is 25.6. The zero-order chi connectivity index (χ0) is 9.03. The number of nitrogens with one attached hydrogen (secondary N) is 1. The van der Waals surface area contributed by atoms with Gasteiger partial charge in [-0.25, -0.2) is 15.2 Å². The summed E-state index contributed by atoms with van der Waals surface area (Å²) in [6.07, 6.45) is 3.00. The van der Waals surface area contributed by atoms with Crippen LogP contribution in [0.2, 0.25) is 0 Å². The second kappa shape index (κ2) is 4.18. The topological polar surface area (TPSA) is 86.3 Å². The fourth-order valence-electron chi connectivity index (χ4n) is 1.10. The molecular formula is C6H13N3O2S. The average Bonchev–Trinajstić information content (AvgIpc) is 2.02. The van der Waals surface area contributed by atoms with Gasteiger partial charge < -0.3 is 0 Å². The Morgan fingerprint density at radius 2 is 2.42 bits per heavy atom. The standard InChI is InChI=1S/C6H13N3O2S/c7-12(10,11)9-5-6-2-1-3-8-4-6/h2,6,9H,1,3-5H2,(H2,7,10,11). The molecule has 1 atom stereocenters. The molecule has 1 aliphatic rings. The van der Waals surface area contributed by atoms with Gasteiger partial charge in [-0.1, -0.05) is 0 Å². The van der Waals surface area contributed by atoms with Crippen molar-refractivity contribution in [2.24, 2.45) is 11.1 Å². The van der Waals surface area contributed by atoms with Crippen LogP contribution < -0.4 is 15.2 Å². The maximum absolute atomic E-state index is 10.5. The summed E-state index contributed by atoms with van der Waals surface area (Å²) < 4.78 is 23.2. The fourth-order valence-corrected chi connectivity index (χ4v) is 1.55. The first-order valence-corrected chi connectivity index (χ1v) is 5.36. The number of hydrogen-bond acceptors (Lipinski definition) is 2. The summed E-state index contributed by atoms with van der Waals surface area (Å²) in [7, 11) is -3.54. The molecule has 0 aliphatic carbocycles. The highest BCUT2D eigenvalue weighted by atomic mass is 32.2. The monoisotopic (exact) mass is 191 g/mol. The van der Waals surface area contributed by atoms with Gasteiger partial charge in [0.2, 0.25) is 0 Å². The first-order valence-electron chi connectivity index (χ1n) is 3.82. The molecule has 0 aromatic heterocycles. The molecule has 12 heavy (non-hydrogen) atoms. The van der Waals surface area contributed by atoms with Crippen molar-refractivity contribution in [3.05, 3.63) is 6.42 Å². The molecule has 0 spiro atoms. The molecule has 1 saturated heterocycles. The van der Waals surface area contributed by atoms with Crippen LogP contribution in [0.15, 0.2) is 0 Å². The zero-order valence-electron chi connectivity index (χ0n) is 6.73. The average molecular weight is 191 g/mol. The van der Waals surface area contributed by atoms with Crippen LogP contribution >= 0.6 is 0 Å². The highest BCUT2D eigenvalue weighted by Gasteiger charge is 2.15. The Morgan fingerprint density at radius 1 is 1.67 bits per heavy atom. The lowest BCUT2D eigenvalue weighted by molar-refractivity contribution is 0.450. The molecule has 0 aromatic rings. The number of rotatable bonds is 3. The Balaban J connectivity index is 2.22. The van der Waals surface area contributed by atoms with Gasteiger partial charge in [0.1, 0.15) is 0 Å². The summed E-state index contributed by atoms with van der Waals surface area (Å²) in [5, 5.41) is 8.92. The van der Waals surface area contributed by atoms with Crippen molar-refractivity contribution in [1.29, 1.82) is 0 Å². The van der Waals surface area contributed by atoms with Crippen LogP contribution in [-0.2, 0) is 10.2 Å². The summed E-state index contributed by atoms with van der Waals surface area (Å²) in [5.41, 5.74) is 0. The smallest absolute Gasteiger partial charge is 0.241 e. The lowest BCUT2D eigenvalue weighted by atomic mass is 10.0. The van der Waals surface area contributed by atoms with Crippen molar-refractivity contribution in [2.75, 3.05) is 19.6 Å². The predicted molar refractivity (Wildman–Crippen MR) is 45.4 cm³/mol. The van der Waals surface area contributed by atoms with E-state index in [0.717, 1.165) is 13.0 Å². The molecule has 5 nitrogen and oxygen atoms in total. The van der Waals surface area contributed by atoms with E-state index in [0.29, 0.717) is 13.1 Å². The molecular weight excluding hydrogens is 178 g/mol. The molecule has 1 rings (SSSR count). The third kappa shape index (κ3) is 4.01. The van der Waals surface area contributed by atoms with Gasteiger partial charge in [0.25, 0.3) is 10.2 Å². The van der Waals surface area contributed by atoms with Crippen molar-refractivity contribution >= 4 is 10.2 Å². The van der Waals surface area contributed by atoms with Gasteiger partial charge in [-0.05, 0) is 18.8 Å². The Bertz CT molecular complexity index is 221. The van der Waals surface area contributed by atoms with Gasteiger partial charge in [-0.2, -0.15) is 8.42 Å². The van der Waals surface area contributed by atoms with Crippen LogP contribution in [0.4, 0.5) is 0 Å². The van der Waals surface area contributed by atoms with Crippen LogP contribution in [0.1, 0.15) is 6.42 Å². The number of piperidine rings is 1. The van der Waals surface area contributed by atoms with Gasteiger partial charge in [-0.15, -0.1) is 0 Å². The Hall–Kier alpha value is -0.170. The quantitative estimate of drug-likeness (QED) is 0.575. The SMILES string of the molecule is NS(=O)(=O)NCC1[CH]CC[N]C1. The molecule has 2 radical (unpaired) electrons. The van der Waals surface area contributed by atoms with E-state index in [-0.39, 0.29) is 5.92 Å². The van der Waals surface area contributed by atoms with E-state index in [2.05, 4.69) is 16.5 Å². The van der Waals surface area contributed by atoms with E-state index in [1.807, 2.05) is 0 Å². The molecule has 1 fully saturated rings. The minimum Gasteiger partial charge on any atom is -0.241 e. The van der Waals surface area contributed by atoms with Crippen LogP contribution in [0.3, 0.4) is 0 Å². The Kier molecular flexibility index (Phi) is 3.45. The lowest BCUT2D eigenvalue weighted by Gasteiger charge is -2.20. The van der Waals surface area contributed by atoms with Gasteiger partial charge >= 0.3 is 0 Å². The van der Waals surface area contributed by atoms with Crippen LogP contribution in [0.5, 0.6) is 0 Å². The first kappa shape index (κ1) is 9.91. The zero-order valence-corrected chi connectivity index (χ0v) is 7.55. The van der Waals surface area contributed by atoms with E-state index in [4.69, 9.17) is 5.14 Å². The van der Waals surface area contributed by atoms with Crippen molar-refractivity contribution in [3.8, 4) is 0 Å². The summed E-state index contributed by atoms with van der Waals surface area (Å²) in [5.74, 6) is 0.206. The van der Waals surface area contributed by atoms with E-state index >= 15 is 0 Å². The van der Waals surface area contributed by atoms with E-state index in [1.54, 1.807) is 0 Å². The minimum atomic E-state index is -3.54. The number of hydrogen-bond donors (Lipinski definition) is 2. The summed E-state index contributed by atoms with van der Waals surface area (Å²) >= 11 is 0. The largest absolute Gasteiger partial charge is 0.274 e. The molecule has 1 unspecified atom stereocenters. The fraction of sp³-hybridized carbons (Fsp3) is 0.833. The molecule has 1 heterocycles. The summed E-state index contributed by atoms with van der Waals surface area (Å²) in [4.78, 5) is 0. The Morgan fingerprint density at radius 3 is 2.92 bits per heavy atom. The number of nitrogens with zero attached hydrogens (tertiary/aromatic N) is 1. The minimum absolute atomic E-state index is 0.206. The molecule has 0 aromatic carbocycles. The van der Waals surface area contributed by atoms with E-state index in [1.165, 1.54) is 0 Å². The molecule has 70 valence electrons. The lowest BCUT2D eigenvalue weighted by Crippen LogP contribution is -2.38. The van der Waals surface area contributed by atoms with Gasteiger partial charge in [0, 0.05) is 19.6 Å². The van der Waals surface area contributed by atoms with Crippen molar-refractivity contribution < 1.29 is 8.42 Å². The van der Waals surface area contributed by atoms with E-state index < -0.39 is 10.2 Å². The van der Waals surface area contributed by atoms with Gasteiger partial charge in [0.15, 0.2) is 0 Å². The van der Waals surface area contributed by atoms with Crippen molar-refractivity contribution in [1.82, 2.24) is 10.0 Å². The van der Waals surface area contributed by atoms with Gasteiger partial charge in [0.05, 0.1) is 0 Å². The summed E-state index contributed by atoms with van der Waals surface area (Å²) in [6.45, 7) is 1.91. The van der Waals surface area contributed by atoms with Crippen LogP contribution in [0.25, 0.3) is 0 Å². The Labute approximate surface area is 72.9 Å². The van der Waals surface area contributed by atoms with Crippen LogP contribution in [-0.4, -0.2) is 28.1 Å². The van der Waals surface area contributed by atoms with Crippen molar-refractivity contribution in [3.63, 3.8) is 0 Å². The maximum atomic E-state index is 10.5. The second-order valence-corrected chi connectivity index (χ2v) is 4.19. The highest BCUT2D eigenvalue weighted by molar-refractivity contribution is 7.87.